The largest absolute Gasteiger partial charge is 0.360 e. The molecule has 0 aliphatic heterocycles. The van der Waals surface area contributed by atoms with Crippen LogP contribution in [0.2, 0.25) is 0 Å². The van der Waals surface area contributed by atoms with Gasteiger partial charge in [0.05, 0.1) is 0 Å². The van der Waals surface area contributed by atoms with Crippen LogP contribution in [0.5, 0.6) is 0 Å². The summed E-state index contributed by atoms with van der Waals surface area (Å²) in [5.41, 5.74) is 8.52. The number of pyridine rings is 2. The van der Waals surface area contributed by atoms with E-state index in [1.807, 2.05) is 48.5 Å². The van der Waals surface area contributed by atoms with E-state index in [4.69, 9.17) is 6.57 Å². The van der Waals surface area contributed by atoms with Crippen molar-refractivity contribution in [2.45, 2.75) is 0 Å². The van der Waals surface area contributed by atoms with Crippen molar-refractivity contribution < 1.29 is 0 Å². The van der Waals surface area contributed by atoms with Gasteiger partial charge in [-0.15, -0.1) is 4.98 Å². The van der Waals surface area contributed by atoms with Crippen LogP contribution in [-0.4, -0.2) is 9.97 Å². The molecule has 0 unspecified atom stereocenters. The Morgan fingerprint density at radius 1 is 0.500 bits per heavy atom. The summed E-state index contributed by atoms with van der Waals surface area (Å²) in [6.07, 6.45) is 3.31. The average Bonchev–Trinajstić information content (AvgIpc) is 3.10. The van der Waals surface area contributed by atoms with Crippen molar-refractivity contribution in [3.8, 4) is 50.6 Å². The minimum atomic E-state index is 0.412. The zero-order chi connectivity index (χ0) is 29.6. The quantitative estimate of drug-likeness (QED) is 0.159. The molecule has 0 aliphatic rings. The summed E-state index contributed by atoms with van der Waals surface area (Å²) in [6, 6.07) is 44.4. The van der Waals surface area contributed by atoms with Gasteiger partial charge in [-0.2, -0.15) is 5.26 Å². The molecule has 2 heterocycles. The van der Waals surface area contributed by atoms with Gasteiger partial charge in [-0.3, -0.25) is 0 Å². The molecule has 0 saturated carbocycles. The lowest BCUT2D eigenvalue weighted by atomic mass is 9.89. The molecule has 0 saturated heterocycles. The molecule has 0 aliphatic carbocycles. The molecule has 0 radical (unpaired) electrons. The highest BCUT2D eigenvalue weighted by Crippen LogP contribution is 2.40. The van der Waals surface area contributed by atoms with Crippen LogP contribution in [0, 0.1) is 17.9 Å². The van der Waals surface area contributed by atoms with Crippen molar-refractivity contribution >= 4 is 38.1 Å². The number of benzene rings is 6. The molecule has 2 aromatic heterocycles. The fraction of sp³-hybridized carbons (Fsp3) is 0. The molecule has 0 atom stereocenters. The Morgan fingerprint density at radius 3 is 1.50 bits per heavy atom. The van der Waals surface area contributed by atoms with Crippen LogP contribution < -0.4 is 0 Å². The van der Waals surface area contributed by atoms with Gasteiger partial charge in [-0.1, -0.05) is 73.3 Å². The number of rotatable bonds is 4. The van der Waals surface area contributed by atoms with Crippen LogP contribution in [0.15, 0.2) is 134 Å². The zero-order valence-electron chi connectivity index (χ0n) is 23.5. The lowest BCUT2D eigenvalue weighted by Gasteiger charge is -2.15. The van der Waals surface area contributed by atoms with E-state index in [9.17, 15) is 5.26 Å². The van der Waals surface area contributed by atoms with Crippen LogP contribution in [0.4, 0.5) is 5.82 Å². The summed E-state index contributed by atoms with van der Waals surface area (Å²) in [5.74, 6) is 0.412. The van der Waals surface area contributed by atoms with E-state index in [1.54, 1.807) is 12.4 Å². The van der Waals surface area contributed by atoms with Crippen LogP contribution >= 0.6 is 0 Å². The van der Waals surface area contributed by atoms with Gasteiger partial charge >= 0.3 is 0 Å². The van der Waals surface area contributed by atoms with E-state index in [1.165, 1.54) is 32.3 Å². The lowest BCUT2D eigenvalue weighted by molar-refractivity contribution is 1.26. The van der Waals surface area contributed by atoms with Crippen LogP contribution in [0.25, 0.3) is 81.7 Å². The third kappa shape index (κ3) is 4.14. The number of aromatic nitrogens is 2. The molecular formula is C40H22N4. The lowest BCUT2D eigenvalue weighted by Crippen LogP contribution is -1.90. The Morgan fingerprint density at radius 2 is 0.977 bits per heavy atom. The Labute approximate surface area is 254 Å². The molecule has 0 amide bonds. The number of nitriles is 1. The van der Waals surface area contributed by atoms with Gasteiger partial charge in [-0.05, 0) is 120 Å². The monoisotopic (exact) mass is 558 g/mol. The second-order valence-electron chi connectivity index (χ2n) is 10.9. The minimum Gasteiger partial charge on any atom is -0.360 e. The first-order valence-electron chi connectivity index (χ1n) is 14.3. The fourth-order valence-corrected chi connectivity index (χ4v) is 6.34. The number of hydrogen-bond donors (Lipinski definition) is 0. The summed E-state index contributed by atoms with van der Waals surface area (Å²) >= 11 is 0. The molecule has 8 rings (SSSR count). The summed E-state index contributed by atoms with van der Waals surface area (Å²) in [4.78, 5) is 12.1. The standard InChI is InChI=1S/C40H22N4/c1-42-40-36(11-5-17-44-40)28-9-3-7-26(19-28)34-22-31-14-12-29-20-33(21-30-13-15-32(23-34)39(31)38(29)30)25-6-2-8-27(18-25)35-10-4-16-43-37(35)24-41/h2-23H. The minimum absolute atomic E-state index is 0.412. The molecule has 0 N–H and O–H groups in total. The van der Waals surface area contributed by atoms with Gasteiger partial charge in [-0.25, -0.2) is 4.98 Å². The second kappa shape index (κ2) is 10.2. The zero-order valence-corrected chi connectivity index (χ0v) is 23.5. The molecule has 202 valence electrons. The summed E-state index contributed by atoms with van der Waals surface area (Å²) in [5, 5.41) is 16.9. The van der Waals surface area contributed by atoms with Gasteiger partial charge in [0.1, 0.15) is 18.0 Å². The topological polar surface area (TPSA) is 53.9 Å². The molecule has 44 heavy (non-hydrogen) atoms. The van der Waals surface area contributed by atoms with Gasteiger partial charge in [0.25, 0.3) is 5.82 Å². The highest BCUT2D eigenvalue weighted by Gasteiger charge is 2.14. The van der Waals surface area contributed by atoms with Crippen molar-refractivity contribution in [1.82, 2.24) is 9.97 Å². The predicted octanol–water partition coefficient (Wildman–Crippen LogP) is 10.5. The maximum atomic E-state index is 9.57. The molecule has 0 spiro atoms. The van der Waals surface area contributed by atoms with Gasteiger partial charge < -0.3 is 4.85 Å². The van der Waals surface area contributed by atoms with Gasteiger partial charge in [0, 0.05) is 17.3 Å². The number of nitrogens with zero attached hydrogens (tertiary/aromatic N) is 4. The van der Waals surface area contributed by atoms with E-state index >= 15 is 0 Å². The summed E-state index contributed by atoms with van der Waals surface area (Å²) in [7, 11) is 0. The predicted molar refractivity (Wildman–Crippen MR) is 178 cm³/mol. The van der Waals surface area contributed by atoms with Crippen molar-refractivity contribution in [1.29, 1.82) is 5.26 Å². The van der Waals surface area contributed by atoms with Gasteiger partial charge in [0.2, 0.25) is 0 Å². The summed E-state index contributed by atoms with van der Waals surface area (Å²) < 4.78 is 0. The van der Waals surface area contributed by atoms with E-state index < -0.39 is 0 Å². The third-order valence-corrected chi connectivity index (χ3v) is 8.35. The molecule has 0 bridgehead atoms. The number of hydrogen-bond acceptors (Lipinski definition) is 3. The first-order chi connectivity index (χ1) is 21.7. The van der Waals surface area contributed by atoms with Crippen molar-refractivity contribution in [2.75, 3.05) is 0 Å². The highest BCUT2D eigenvalue weighted by molar-refractivity contribution is 6.24. The Kier molecular flexibility index (Phi) is 5.86. The van der Waals surface area contributed by atoms with Crippen molar-refractivity contribution in [2.24, 2.45) is 0 Å². The van der Waals surface area contributed by atoms with Crippen LogP contribution in [-0.2, 0) is 0 Å². The molecular weight excluding hydrogens is 536 g/mol. The van der Waals surface area contributed by atoms with E-state index in [0.29, 0.717) is 11.5 Å². The summed E-state index contributed by atoms with van der Waals surface area (Å²) in [6.45, 7) is 7.53. The Bertz CT molecular complexity index is 2240. The Hall–Kier alpha value is -6.36. The highest BCUT2D eigenvalue weighted by atomic mass is 14.9. The van der Waals surface area contributed by atoms with E-state index in [0.717, 1.165) is 44.5 Å². The first-order valence-corrected chi connectivity index (χ1v) is 14.3. The molecule has 4 nitrogen and oxygen atoms in total. The normalized spacial score (nSPS) is 11.1. The smallest absolute Gasteiger partial charge is 0.277 e. The fourth-order valence-electron chi connectivity index (χ4n) is 6.34. The van der Waals surface area contributed by atoms with E-state index in [-0.39, 0.29) is 0 Å². The van der Waals surface area contributed by atoms with Crippen LogP contribution in [0.1, 0.15) is 5.69 Å². The Balaban J connectivity index is 1.23. The van der Waals surface area contributed by atoms with Crippen LogP contribution in [0.3, 0.4) is 0 Å². The molecule has 8 aromatic rings. The maximum absolute atomic E-state index is 9.57. The van der Waals surface area contributed by atoms with Crippen molar-refractivity contribution in [3.63, 3.8) is 0 Å². The average molecular weight is 559 g/mol. The van der Waals surface area contributed by atoms with Gasteiger partial charge in [0.15, 0.2) is 0 Å². The van der Waals surface area contributed by atoms with E-state index in [2.05, 4.69) is 93.7 Å². The molecule has 0 fully saturated rings. The second-order valence-corrected chi connectivity index (χ2v) is 10.9. The first kappa shape index (κ1) is 25.4. The van der Waals surface area contributed by atoms with Crippen molar-refractivity contribution in [3.05, 3.63) is 151 Å². The third-order valence-electron chi connectivity index (χ3n) is 8.35. The molecule has 6 aromatic carbocycles. The maximum Gasteiger partial charge on any atom is 0.277 e. The molecule has 4 heteroatoms. The SMILES string of the molecule is [C-]#[N+]c1ncccc1-c1cccc(-c2cc3ccc4cc(-c5cccc(-c6cccnc6C#N)c5)cc5ccc(c2)c3c45)c1.